The molecule has 0 aliphatic heterocycles. The third-order valence-corrected chi connectivity index (χ3v) is 3.38. The summed E-state index contributed by atoms with van der Waals surface area (Å²) < 4.78 is 0. The second-order valence-corrected chi connectivity index (χ2v) is 4.80. The third kappa shape index (κ3) is 2.38. The fraction of sp³-hybridized carbons (Fsp3) is 0. The molecule has 1 aromatic heterocycles. The Bertz CT molecular complexity index is 992. The number of fused-ring (bicyclic) bond motifs is 1. The lowest BCUT2D eigenvalue weighted by atomic mass is 9.99. The first-order valence-corrected chi connectivity index (χ1v) is 6.58. The van der Waals surface area contributed by atoms with E-state index in [2.05, 4.69) is 15.9 Å². The summed E-state index contributed by atoms with van der Waals surface area (Å²) >= 11 is 0. The first kappa shape index (κ1) is 14.3. The molecule has 7 nitrogen and oxygen atoms in total. The number of nitrogen functional groups attached to an aromatic ring is 2. The van der Waals surface area contributed by atoms with Crippen molar-refractivity contribution >= 4 is 28.4 Å². The van der Waals surface area contributed by atoms with Crippen LogP contribution < -0.4 is 11.5 Å². The first-order chi connectivity index (χ1) is 11.0. The maximum absolute atomic E-state index is 11.4. The van der Waals surface area contributed by atoms with Crippen molar-refractivity contribution in [3.8, 4) is 23.5 Å². The average molecular weight is 305 g/mol. The van der Waals surface area contributed by atoms with Crippen LogP contribution in [-0.4, -0.2) is 14.9 Å². The van der Waals surface area contributed by atoms with Crippen molar-refractivity contribution in [2.24, 2.45) is 0 Å². The van der Waals surface area contributed by atoms with Gasteiger partial charge in [0.05, 0.1) is 16.0 Å². The summed E-state index contributed by atoms with van der Waals surface area (Å²) in [6, 6.07) is 9.71. The van der Waals surface area contributed by atoms with Gasteiger partial charge in [0.25, 0.3) is 5.69 Å². The van der Waals surface area contributed by atoms with Crippen LogP contribution in [0.5, 0.6) is 0 Å². The number of nitrogens with zero attached hydrogens (tertiary/aromatic N) is 3. The molecule has 0 spiro atoms. The Morgan fingerprint density at radius 2 is 1.87 bits per heavy atom. The Hall–Kier alpha value is -3.66. The van der Waals surface area contributed by atoms with E-state index < -0.39 is 4.92 Å². The van der Waals surface area contributed by atoms with Crippen LogP contribution in [0.1, 0.15) is 5.56 Å². The van der Waals surface area contributed by atoms with Gasteiger partial charge in [-0.15, -0.1) is 6.42 Å². The molecule has 3 rings (SSSR count). The second kappa shape index (κ2) is 5.27. The molecule has 0 aliphatic rings. The molecular formula is C16H11N5O2. The summed E-state index contributed by atoms with van der Waals surface area (Å²) in [6.07, 6.45) is 5.40. The molecule has 112 valence electrons. The highest BCUT2D eigenvalue weighted by molar-refractivity contribution is 5.98. The van der Waals surface area contributed by atoms with Gasteiger partial charge in [0.15, 0.2) is 11.6 Å². The molecule has 0 unspecified atom stereocenters. The summed E-state index contributed by atoms with van der Waals surface area (Å²) in [4.78, 5) is 19.2. The number of hydrogen-bond acceptors (Lipinski definition) is 6. The van der Waals surface area contributed by atoms with E-state index in [-0.39, 0.29) is 17.3 Å². The Morgan fingerprint density at radius 3 is 2.57 bits per heavy atom. The van der Waals surface area contributed by atoms with Crippen LogP contribution >= 0.6 is 0 Å². The summed E-state index contributed by atoms with van der Waals surface area (Å²) in [6.45, 7) is 0. The zero-order valence-electron chi connectivity index (χ0n) is 11.9. The molecule has 0 saturated heterocycles. The van der Waals surface area contributed by atoms with Crippen LogP contribution in [-0.2, 0) is 0 Å². The molecule has 1 heterocycles. The number of benzene rings is 2. The normalized spacial score (nSPS) is 10.4. The topological polar surface area (TPSA) is 121 Å². The molecule has 0 fully saturated rings. The minimum Gasteiger partial charge on any atom is -0.381 e. The summed E-state index contributed by atoms with van der Waals surface area (Å²) in [5.74, 6) is 2.60. The third-order valence-electron chi connectivity index (χ3n) is 3.38. The van der Waals surface area contributed by atoms with Gasteiger partial charge in [0, 0.05) is 11.6 Å². The van der Waals surface area contributed by atoms with Crippen LogP contribution in [0, 0.1) is 22.5 Å². The van der Waals surface area contributed by atoms with Gasteiger partial charge in [-0.3, -0.25) is 10.1 Å². The van der Waals surface area contributed by atoms with E-state index >= 15 is 0 Å². The zero-order valence-corrected chi connectivity index (χ0v) is 11.9. The lowest BCUT2D eigenvalue weighted by Crippen LogP contribution is -2.03. The molecule has 23 heavy (non-hydrogen) atoms. The lowest BCUT2D eigenvalue weighted by Gasteiger charge is -2.09. The maximum atomic E-state index is 11.4. The molecule has 0 bridgehead atoms. The van der Waals surface area contributed by atoms with Gasteiger partial charge < -0.3 is 11.5 Å². The van der Waals surface area contributed by atoms with Crippen molar-refractivity contribution in [2.75, 3.05) is 11.5 Å². The quantitative estimate of drug-likeness (QED) is 0.426. The van der Waals surface area contributed by atoms with Crippen LogP contribution in [0.25, 0.3) is 22.2 Å². The minimum absolute atomic E-state index is 0.0207. The predicted octanol–water partition coefficient (Wildman–Crippen LogP) is 2.35. The van der Waals surface area contributed by atoms with Crippen molar-refractivity contribution in [1.82, 2.24) is 9.97 Å². The van der Waals surface area contributed by atoms with Crippen molar-refractivity contribution in [3.05, 3.63) is 52.1 Å². The summed E-state index contributed by atoms with van der Waals surface area (Å²) in [7, 11) is 0. The molecule has 0 radical (unpaired) electrons. The van der Waals surface area contributed by atoms with E-state index in [1.807, 2.05) is 0 Å². The van der Waals surface area contributed by atoms with Crippen molar-refractivity contribution < 1.29 is 4.92 Å². The number of nitrogens with two attached hydrogens (primary N) is 2. The van der Waals surface area contributed by atoms with Gasteiger partial charge >= 0.3 is 0 Å². The molecule has 7 heteroatoms. The van der Waals surface area contributed by atoms with Crippen LogP contribution in [0.3, 0.4) is 0 Å². The highest BCUT2D eigenvalue weighted by atomic mass is 16.6. The average Bonchev–Trinajstić information content (AvgIpc) is 2.55. The number of nitro benzene ring substituents is 1. The lowest BCUT2D eigenvalue weighted by molar-refractivity contribution is -0.384. The highest BCUT2D eigenvalue weighted by Crippen LogP contribution is 2.36. The van der Waals surface area contributed by atoms with Gasteiger partial charge in [0.2, 0.25) is 0 Å². The van der Waals surface area contributed by atoms with Crippen LogP contribution in [0.2, 0.25) is 0 Å². The molecule has 2 aromatic carbocycles. The maximum Gasteiger partial charge on any atom is 0.279 e. The van der Waals surface area contributed by atoms with E-state index in [0.717, 1.165) is 0 Å². The Labute approximate surface area is 131 Å². The Kier molecular flexibility index (Phi) is 3.27. The van der Waals surface area contributed by atoms with Gasteiger partial charge in [-0.1, -0.05) is 18.1 Å². The van der Waals surface area contributed by atoms with Gasteiger partial charge in [0.1, 0.15) is 5.52 Å². The van der Waals surface area contributed by atoms with Gasteiger partial charge in [-0.2, -0.15) is 0 Å². The van der Waals surface area contributed by atoms with E-state index in [9.17, 15) is 10.1 Å². The van der Waals surface area contributed by atoms with E-state index in [0.29, 0.717) is 27.7 Å². The van der Waals surface area contributed by atoms with Crippen LogP contribution in [0.4, 0.5) is 17.3 Å². The number of terminal acetylenes is 1. The zero-order chi connectivity index (χ0) is 16.6. The largest absolute Gasteiger partial charge is 0.381 e. The van der Waals surface area contributed by atoms with Gasteiger partial charge in [-0.05, 0) is 23.8 Å². The molecule has 0 aliphatic carbocycles. The predicted molar refractivity (Wildman–Crippen MR) is 88.4 cm³/mol. The smallest absolute Gasteiger partial charge is 0.279 e. The monoisotopic (exact) mass is 305 g/mol. The van der Waals surface area contributed by atoms with Crippen molar-refractivity contribution in [2.45, 2.75) is 0 Å². The Balaban J connectivity index is 2.44. The van der Waals surface area contributed by atoms with Crippen LogP contribution in [0.15, 0.2) is 36.4 Å². The molecule has 0 amide bonds. The molecular weight excluding hydrogens is 294 g/mol. The fourth-order valence-electron chi connectivity index (χ4n) is 2.34. The molecule has 3 aromatic rings. The van der Waals surface area contributed by atoms with E-state index in [4.69, 9.17) is 17.9 Å². The number of aromatic nitrogens is 2. The summed E-state index contributed by atoms with van der Waals surface area (Å²) in [5, 5.41) is 11.4. The number of hydrogen-bond donors (Lipinski definition) is 2. The minimum atomic E-state index is -0.481. The van der Waals surface area contributed by atoms with E-state index in [1.165, 1.54) is 12.1 Å². The molecule has 0 saturated carbocycles. The number of rotatable bonds is 2. The Morgan fingerprint density at radius 1 is 1.13 bits per heavy atom. The van der Waals surface area contributed by atoms with Gasteiger partial charge in [-0.25, -0.2) is 9.97 Å². The summed E-state index contributed by atoms with van der Waals surface area (Å²) in [5.41, 5.74) is 13.5. The van der Waals surface area contributed by atoms with E-state index in [1.54, 1.807) is 24.3 Å². The standard InChI is InChI=1S/C16H11N5O2/c1-2-9-4-3-5-10(8-9)13-12(21(22)23)7-6-11-14(13)20-16(18)15(17)19-11/h1,3-8H,(H2,17,19)(H2,18,20). The molecule has 0 atom stereocenters. The SMILES string of the molecule is C#Cc1cccc(-c2c([N+](=O)[O-])ccc3nc(N)c(N)nc23)c1. The number of anilines is 2. The van der Waals surface area contributed by atoms with Crippen molar-refractivity contribution in [3.63, 3.8) is 0 Å². The molecule has 4 N–H and O–H groups in total. The first-order valence-electron chi connectivity index (χ1n) is 6.58. The fourth-order valence-corrected chi connectivity index (χ4v) is 2.34. The highest BCUT2D eigenvalue weighted by Gasteiger charge is 2.21. The number of nitro groups is 1. The van der Waals surface area contributed by atoms with Crippen molar-refractivity contribution in [1.29, 1.82) is 0 Å². The second-order valence-electron chi connectivity index (χ2n) is 4.80.